The number of rotatable bonds is 0. The quantitative estimate of drug-likeness (QED) is 0.585. The van der Waals surface area contributed by atoms with Crippen molar-refractivity contribution in [3.05, 3.63) is 23.7 Å². The zero-order chi connectivity index (χ0) is 7.68. The number of aromatic nitrogens is 2. The maximum atomic E-state index is 5.38. The summed E-state index contributed by atoms with van der Waals surface area (Å²) in [5.41, 5.74) is 7.21. The highest BCUT2D eigenvalue weighted by molar-refractivity contribution is 5.50. The first-order valence-corrected chi connectivity index (χ1v) is 3.26. The monoisotopic (exact) mass is 149 g/mol. The Morgan fingerprint density at radius 1 is 1.55 bits per heavy atom. The minimum Gasteiger partial charge on any atom is -0.496 e. The van der Waals surface area contributed by atoms with E-state index in [9.17, 15) is 0 Å². The van der Waals surface area contributed by atoms with Crippen LogP contribution in [0.4, 0.5) is 5.95 Å². The zero-order valence-corrected chi connectivity index (χ0v) is 5.82. The van der Waals surface area contributed by atoms with E-state index < -0.39 is 0 Å². The summed E-state index contributed by atoms with van der Waals surface area (Å²) in [4.78, 5) is 7.86. The van der Waals surface area contributed by atoms with Crippen LogP contribution < -0.4 is 5.73 Å². The van der Waals surface area contributed by atoms with Crippen molar-refractivity contribution in [3.63, 3.8) is 0 Å². The average Bonchev–Trinajstić information content (AvgIpc) is 2.04. The highest BCUT2D eigenvalue weighted by Crippen LogP contribution is 2.14. The van der Waals surface area contributed by atoms with Crippen molar-refractivity contribution < 1.29 is 4.74 Å². The lowest BCUT2D eigenvalue weighted by Crippen LogP contribution is -2.03. The summed E-state index contributed by atoms with van der Waals surface area (Å²) >= 11 is 0. The summed E-state index contributed by atoms with van der Waals surface area (Å²) in [6.45, 7) is 0.534. The molecular formula is C7H7N3O. The number of nitrogens with two attached hydrogens (primary N) is 1. The molecular weight excluding hydrogens is 142 g/mol. The van der Waals surface area contributed by atoms with E-state index in [4.69, 9.17) is 10.5 Å². The smallest absolute Gasteiger partial charge is 0.220 e. The maximum absolute atomic E-state index is 5.38. The molecule has 1 aliphatic heterocycles. The first kappa shape index (κ1) is 6.15. The lowest BCUT2D eigenvalue weighted by atomic mass is 10.2. The Labute approximate surface area is 63.7 Å². The number of nitrogens with zero attached hydrogens (tertiary/aromatic N) is 2. The van der Waals surface area contributed by atoms with Crippen LogP contribution in [0.15, 0.2) is 12.5 Å². The minimum atomic E-state index is 0.301. The van der Waals surface area contributed by atoms with E-state index in [1.807, 2.05) is 0 Å². The number of hydrogen-bond acceptors (Lipinski definition) is 4. The molecule has 1 aliphatic rings. The molecule has 1 aromatic heterocycles. The number of fused-ring (bicyclic) bond motifs is 1. The van der Waals surface area contributed by atoms with Gasteiger partial charge in [-0.1, -0.05) is 0 Å². The van der Waals surface area contributed by atoms with Crippen LogP contribution in [0.2, 0.25) is 0 Å². The van der Waals surface area contributed by atoms with E-state index in [2.05, 4.69) is 9.97 Å². The topological polar surface area (TPSA) is 61.0 Å². The molecule has 4 heteroatoms. The van der Waals surface area contributed by atoms with Gasteiger partial charge in [0.1, 0.15) is 6.61 Å². The fraction of sp³-hybridized carbons (Fsp3) is 0.143. The Hall–Kier alpha value is -1.58. The molecule has 0 aromatic carbocycles. The Kier molecular flexibility index (Phi) is 1.25. The molecule has 0 radical (unpaired) electrons. The van der Waals surface area contributed by atoms with Crippen molar-refractivity contribution >= 4 is 12.0 Å². The van der Waals surface area contributed by atoms with Crippen molar-refractivity contribution in [2.24, 2.45) is 0 Å². The Morgan fingerprint density at radius 2 is 2.45 bits per heavy atom. The van der Waals surface area contributed by atoms with Gasteiger partial charge in [-0.05, 0) is 6.08 Å². The number of nitrogen functional groups attached to an aromatic ring is 1. The van der Waals surface area contributed by atoms with E-state index >= 15 is 0 Å². The van der Waals surface area contributed by atoms with Gasteiger partial charge in [0, 0.05) is 11.8 Å². The molecule has 0 fully saturated rings. The Morgan fingerprint density at radius 3 is 3.36 bits per heavy atom. The predicted molar refractivity (Wildman–Crippen MR) is 40.3 cm³/mol. The van der Waals surface area contributed by atoms with Crippen LogP contribution >= 0.6 is 0 Å². The molecule has 0 bridgehead atoms. The summed E-state index contributed by atoms with van der Waals surface area (Å²) in [5.74, 6) is 0.301. The van der Waals surface area contributed by atoms with Crippen molar-refractivity contribution in [3.8, 4) is 0 Å². The van der Waals surface area contributed by atoms with E-state index in [1.165, 1.54) is 0 Å². The van der Waals surface area contributed by atoms with Gasteiger partial charge in [0.05, 0.1) is 12.0 Å². The van der Waals surface area contributed by atoms with Gasteiger partial charge in [0.15, 0.2) is 0 Å². The molecule has 0 aliphatic carbocycles. The first-order valence-electron chi connectivity index (χ1n) is 3.26. The van der Waals surface area contributed by atoms with Crippen LogP contribution in [0.25, 0.3) is 6.08 Å². The van der Waals surface area contributed by atoms with Crippen molar-refractivity contribution in [1.29, 1.82) is 0 Å². The fourth-order valence-corrected chi connectivity index (χ4v) is 0.940. The molecule has 2 rings (SSSR count). The molecule has 0 saturated carbocycles. The molecule has 2 heterocycles. The van der Waals surface area contributed by atoms with Gasteiger partial charge in [-0.15, -0.1) is 0 Å². The predicted octanol–water partition coefficient (Wildman–Crippen LogP) is 0.560. The molecule has 0 amide bonds. The highest BCUT2D eigenvalue weighted by Gasteiger charge is 2.06. The molecule has 0 spiro atoms. The molecule has 11 heavy (non-hydrogen) atoms. The average molecular weight is 149 g/mol. The van der Waals surface area contributed by atoms with E-state index in [0.29, 0.717) is 12.6 Å². The van der Waals surface area contributed by atoms with Gasteiger partial charge in [-0.3, -0.25) is 0 Å². The third-order valence-corrected chi connectivity index (χ3v) is 1.48. The van der Waals surface area contributed by atoms with Crippen LogP contribution in [-0.2, 0) is 11.3 Å². The summed E-state index contributed by atoms with van der Waals surface area (Å²) < 4.78 is 5.03. The summed E-state index contributed by atoms with van der Waals surface area (Å²) in [5, 5.41) is 0. The molecule has 56 valence electrons. The molecule has 0 atom stereocenters. The van der Waals surface area contributed by atoms with Crippen LogP contribution in [0.3, 0.4) is 0 Å². The van der Waals surface area contributed by atoms with E-state index in [1.54, 1.807) is 18.5 Å². The van der Waals surface area contributed by atoms with Crippen LogP contribution in [0.1, 0.15) is 11.3 Å². The van der Waals surface area contributed by atoms with Crippen LogP contribution in [0, 0.1) is 0 Å². The molecule has 2 N–H and O–H groups in total. The van der Waals surface area contributed by atoms with E-state index in [-0.39, 0.29) is 0 Å². The standard InChI is InChI=1S/C7H7N3O/c8-7-9-3-5-4-11-2-1-6(5)10-7/h1-3H,4H2,(H2,8,9,10). The lowest BCUT2D eigenvalue weighted by Gasteiger charge is -2.09. The van der Waals surface area contributed by atoms with Gasteiger partial charge < -0.3 is 10.5 Å². The fourth-order valence-electron chi connectivity index (χ4n) is 0.940. The summed E-state index contributed by atoms with van der Waals surface area (Å²) in [7, 11) is 0. The summed E-state index contributed by atoms with van der Waals surface area (Å²) in [6, 6.07) is 0. The summed E-state index contributed by atoms with van der Waals surface area (Å²) in [6.07, 6.45) is 5.06. The van der Waals surface area contributed by atoms with E-state index in [0.717, 1.165) is 11.3 Å². The Balaban J connectivity index is 2.54. The minimum absolute atomic E-state index is 0.301. The molecule has 1 aromatic rings. The lowest BCUT2D eigenvalue weighted by molar-refractivity contribution is 0.233. The van der Waals surface area contributed by atoms with Crippen LogP contribution in [-0.4, -0.2) is 9.97 Å². The third kappa shape index (κ3) is 1.02. The second-order valence-electron chi connectivity index (χ2n) is 2.25. The van der Waals surface area contributed by atoms with Gasteiger partial charge in [-0.25, -0.2) is 9.97 Å². The molecule has 4 nitrogen and oxygen atoms in total. The number of hydrogen-bond donors (Lipinski definition) is 1. The van der Waals surface area contributed by atoms with Crippen molar-refractivity contribution in [2.45, 2.75) is 6.61 Å². The second kappa shape index (κ2) is 2.23. The Bertz CT molecular complexity index is 309. The van der Waals surface area contributed by atoms with Gasteiger partial charge in [0.25, 0.3) is 0 Å². The van der Waals surface area contributed by atoms with Gasteiger partial charge in [0.2, 0.25) is 5.95 Å². The third-order valence-electron chi connectivity index (χ3n) is 1.48. The first-order chi connectivity index (χ1) is 5.36. The van der Waals surface area contributed by atoms with Gasteiger partial charge >= 0.3 is 0 Å². The largest absolute Gasteiger partial charge is 0.496 e. The van der Waals surface area contributed by atoms with Crippen LogP contribution in [0.5, 0.6) is 0 Å². The zero-order valence-electron chi connectivity index (χ0n) is 5.82. The highest BCUT2D eigenvalue weighted by atomic mass is 16.5. The normalized spacial score (nSPS) is 13.8. The second-order valence-corrected chi connectivity index (χ2v) is 2.25. The SMILES string of the molecule is Nc1ncc2c(n1)C=COC2. The number of anilines is 1. The maximum Gasteiger partial charge on any atom is 0.220 e. The molecule has 0 unspecified atom stereocenters. The number of ether oxygens (including phenoxy) is 1. The van der Waals surface area contributed by atoms with Gasteiger partial charge in [-0.2, -0.15) is 0 Å². The van der Waals surface area contributed by atoms with Crippen molar-refractivity contribution in [2.75, 3.05) is 5.73 Å². The van der Waals surface area contributed by atoms with Crippen molar-refractivity contribution in [1.82, 2.24) is 9.97 Å². The molecule has 0 saturated heterocycles.